The van der Waals surface area contributed by atoms with Crippen molar-refractivity contribution in [3.8, 4) is 0 Å². The lowest BCUT2D eigenvalue weighted by molar-refractivity contribution is -0.140. The zero-order chi connectivity index (χ0) is 15.3. The number of methoxy groups -OCH3 is 1. The fourth-order valence-electron chi connectivity index (χ4n) is 1.62. The van der Waals surface area contributed by atoms with E-state index in [1.54, 1.807) is 6.92 Å². The van der Waals surface area contributed by atoms with Gasteiger partial charge in [-0.2, -0.15) is 0 Å². The molecule has 110 valence electrons. The van der Waals surface area contributed by atoms with Crippen LogP contribution in [-0.4, -0.2) is 35.5 Å². The van der Waals surface area contributed by atoms with Crippen molar-refractivity contribution in [1.82, 2.24) is 15.3 Å². The number of nitrogens with one attached hydrogen (secondary N) is 2. The molecule has 7 nitrogen and oxygen atoms in total. The molecule has 0 bridgehead atoms. The fourth-order valence-corrected chi connectivity index (χ4v) is 1.62. The second kappa shape index (κ2) is 6.83. The molecule has 7 heteroatoms. The lowest BCUT2D eigenvalue weighted by Crippen LogP contribution is -2.33. The first-order chi connectivity index (χ1) is 9.36. The Balaban J connectivity index is 2.84. The van der Waals surface area contributed by atoms with Crippen molar-refractivity contribution in [2.75, 3.05) is 13.7 Å². The Labute approximate surface area is 116 Å². The summed E-state index contributed by atoms with van der Waals surface area (Å²) in [5, 5.41) is 2.49. The van der Waals surface area contributed by atoms with Crippen molar-refractivity contribution < 1.29 is 14.3 Å². The standard InChI is InChI=1S/C13H19N3O4/c1-7(2)11-15-8(3)10(13(19)16-11)12(18)14-6-5-9(17)20-4/h7H,5-6H2,1-4H3,(H,14,18)(H,15,16,19). The largest absolute Gasteiger partial charge is 0.469 e. The van der Waals surface area contributed by atoms with Gasteiger partial charge in [0.25, 0.3) is 11.5 Å². The van der Waals surface area contributed by atoms with Crippen LogP contribution in [0.1, 0.15) is 48.1 Å². The number of nitrogens with zero attached hydrogens (tertiary/aromatic N) is 1. The number of aromatic amines is 1. The van der Waals surface area contributed by atoms with Crippen LogP contribution in [0.5, 0.6) is 0 Å². The second-order valence-electron chi connectivity index (χ2n) is 4.65. The number of hydrogen-bond acceptors (Lipinski definition) is 5. The van der Waals surface area contributed by atoms with Gasteiger partial charge in [-0.25, -0.2) is 4.98 Å². The molecule has 0 aromatic carbocycles. The Morgan fingerprint density at radius 2 is 2.05 bits per heavy atom. The number of rotatable bonds is 5. The van der Waals surface area contributed by atoms with Crippen LogP contribution in [0.4, 0.5) is 0 Å². The van der Waals surface area contributed by atoms with Gasteiger partial charge in [-0.05, 0) is 6.92 Å². The number of carbonyl (C=O) groups excluding carboxylic acids is 2. The Morgan fingerprint density at radius 3 is 2.55 bits per heavy atom. The first-order valence-electron chi connectivity index (χ1n) is 6.32. The van der Waals surface area contributed by atoms with Gasteiger partial charge in [-0.3, -0.25) is 14.4 Å². The number of amides is 1. The molecule has 0 fully saturated rings. The van der Waals surface area contributed by atoms with Crippen molar-refractivity contribution >= 4 is 11.9 Å². The minimum absolute atomic E-state index is 0.0285. The van der Waals surface area contributed by atoms with E-state index < -0.39 is 17.4 Å². The summed E-state index contributed by atoms with van der Waals surface area (Å²) in [5.41, 5.74) is -0.135. The van der Waals surface area contributed by atoms with E-state index in [1.807, 2.05) is 13.8 Å². The molecule has 1 heterocycles. The van der Waals surface area contributed by atoms with E-state index in [1.165, 1.54) is 7.11 Å². The number of carbonyl (C=O) groups is 2. The fraction of sp³-hybridized carbons (Fsp3) is 0.538. The number of aromatic nitrogens is 2. The molecule has 0 spiro atoms. The zero-order valence-corrected chi connectivity index (χ0v) is 12.1. The highest BCUT2D eigenvalue weighted by atomic mass is 16.5. The predicted octanol–water partition coefficient (Wildman–Crippen LogP) is 0.495. The lowest BCUT2D eigenvalue weighted by atomic mass is 10.1. The molecule has 2 N–H and O–H groups in total. The molecular formula is C13H19N3O4. The van der Waals surface area contributed by atoms with Gasteiger partial charge in [0.05, 0.1) is 19.2 Å². The highest BCUT2D eigenvalue weighted by molar-refractivity contribution is 5.94. The summed E-state index contributed by atoms with van der Waals surface area (Å²) in [7, 11) is 1.27. The van der Waals surface area contributed by atoms with E-state index in [4.69, 9.17) is 0 Å². The minimum Gasteiger partial charge on any atom is -0.469 e. The van der Waals surface area contributed by atoms with E-state index in [2.05, 4.69) is 20.0 Å². The SMILES string of the molecule is COC(=O)CCNC(=O)c1c(C)nc(C(C)C)[nH]c1=O. The average Bonchev–Trinajstić information content (AvgIpc) is 2.37. The third-order valence-corrected chi connectivity index (χ3v) is 2.73. The summed E-state index contributed by atoms with van der Waals surface area (Å²) in [5.74, 6) is -0.365. The topological polar surface area (TPSA) is 101 Å². The van der Waals surface area contributed by atoms with Crippen LogP contribution in [-0.2, 0) is 9.53 Å². The van der Waals surface area contributed by atoms with Crippen molar-refractivity contribution in [1.29, 1.82) is 0 Å². The molecular weight excluding hydrogens is 262 g/mol. The molecule has 0 saturated heterocycles. The van der Waals surface area contributed by atoms with Gasteiger partial charge in [-0.1, -0.05) is 13.8 Å². The number of hydrogen-bond donors (Lipinski definition) is 2. The van der Waals surface area contributed by atoms with Crippen molar-refractivity contribution in [2.45, 2.75) is 33.1 Å². The molecule has 1 aromatic heterocycles. The van der Waals surface area contributed by atoms with Crippen LogP contribution in [0.15, 0.2) is 4.79 Å². The maximum absolute atomic E-state index is 11.9. The van der Waals surface area contributed by atoms with Gasteiger partial charge in [0, 0.05) is 12.5 Å². The summed E-state index contributed by atoms with van der Waals surface area (Å²) in [4.78, 5) is 41.5. The lowest BCUT2D eigenvalue weighted by Gasteiger charge is -2.09. The zero-order valence-electron chi connectivity index (χ0n) is 12.1. The van der Waals surface area contributed by atoms with Crippen molar-refractivity contribution in [2.24, 2.45) is 0 Å². The number of H-pyrrole nitrogens is 1. The molecule has 20 heavy (non-hydrogen) atoms. The van der Waals surface area contributed by atoms with E-state index in [0.717, 1.165) is 0 Å². The molecule has 0 aliphatic rings. The molecule has 0 aliphatic carbocycles. The summed E-state index contributed by atoms with van der Waals surface area (Å²) in [6.45, 7) is 5.51. The van der Waals surface area contributed by atoms with E-state index in [9.17, 15) is 14.4 Å². The maximum Gasteiger partial charge on any atom is 0.307 e. The van der Waals surface area contributed by atoms with Crippen LogP contribution in [0, 0.1) is 6.92 Å². The average molecular weight is 281 g/mol. The molecule has 0 aliphatic heterocycles. The van der Waals surface area contributed by atoms with Gasteiger partial charge in [0.2, 0.25) is 0 Å². The molecule has 0 saturated carbocycles. The number of ether oxygens (including phenoxy) is 1. The Kier molecular flexibility index (Phi) is 5.42. The van der Waals surface area contributed by atoms with Crippen molar-refractivity contribution in [3.63, 3.8) is 0 Å². The van der Waals surface area contributed by atoms with Crippen LogP contribution >= 0.6 is 0 Å². The predicted molar refractivity (Wildman–Crippen MR) is 72.6 cm³/mol. The number of esters is 1. The van der Waals surface area contributed by atoms with Crippen LogP contribution in [0.25, 0.3) is 0 Å². The van der Waals surface area contributed by atoms with Crippen LogP contribution in [0.3, 0.4) is 0 Å². The first-order valence-corrected chi connectivity index (χ1v) is 6.32. The molecule has 1 aromatic rings. The molecule has 1 amide bonds. The van der Waals surface area contributed by atoms with Gasteiger partial charge in [0.15, 0.2) is 0 Å². The molecule has 0 atom stereocenters. The third-order valence-electron chi connectivity index (χ3n) is 2.73. The summed E-state index contributed by atoms with van der Waals surface area (Å²) in [6.07, 6.45) is 0.0523. The van der Waals surface area contributed by atoms with Gasteiger partial charge in [0.1, 0.15) is 11.4 Å². The monoisotopic (exact) mass is 281 g/mol. The Morgan fingerprint density at radius 1 is 1.40 bits per heavy atom. The highest BCUT2D eigenvalue weighted by Crippen LogP contribution is 2.08. The third kappa shape index (κ3) is 3.91. The van der Waals surface area contributed by atoms with E-state index >= 15 is 0 Å². The first kappa shape index (κ1) is 15.9. The van der Waals surface area contributed by atoms with Crippen molar-refractivity contribution in [3.05, 3.63) is 27.4 Å². The van der Waals surface area contributed by atoms with Gasteiger partial charge < -0.3 is 15.0 Å². The maximum atomic E-state index is 11.9. The van der Waals surface area contributed by atoms with Crippen LogP contribution in [0.2, 0.25) is 0 Å². The number of aryl methyl sites for hydroxylation is 1. The van der Waals surface area contributed by atoms with Gasteiger partial charge >= 0.3 is 5.97 Å². The molecule has 1 rings (SSSR count). The van der Waals surface area contributed by atoms with E-state index in [0.29, 0.717) is 11.5 Å². The van der Waals surface area contributed by atoms with Gasteiger partial charge in [-0.15, -0.1) is 0 Å². The summed E-state index contributed by atoms with van der Waals surface area (Å²) >= 11 is 0. The molecule has 0 radical (unpaired) electrons. The van der Waals surface area contributed by atoms with E-state index in [-0.39, 0.29) is 24.4 Å². The minimum atomic E-state index is -0.546. The highest BCUT2D eigenvalue weighted by Gasteiger charge is 2.17. The normalized spacial score (nSPS) is 10.4. The molecule has 0 unspecified atom stereocenters. The van der Waals surface area contributed by atoms with Crippen LogP contribution < -0.4 is 10.9 Å². The Hall–Kier alpha value is -2.18. The summed E-state index contributed by atoms with van der Waals surface area (Å²) in [6, 6.07) is 0. The smallest absolute Gasteiger partial charge is 0.307 e. The Bertz CT molecular complexity index is 563. The quantitative estimate of drug-likeness (QED) is 0.765. The second-order valence-corrected chi connectivity index (χ2v) is 4.65. The summed E-state index contributed by atoms with van der Waals surface area (Å²) < 4.78 is 4.46.